The molecule has 1 N–H and O–H groups in total. The van der Waals surface area contributed by atoms with Crippen LogP contribution in [0.4, 0.5) is 0 Å². The smallest absolute Gasteiger partial charge is 0.0121 e. The van der Waals surface area contributed by atoms with E-state index < -0.39 is 0 Å². The van der Waals surface area contributed by atoms with Crippen LogP contribution < -0.4 is 5.32 Å². The molecule has 2 aliphatic rings. The third-order valence-electron chi connectivity index (χ3n) is 5.35. The molecule has 0 radical (unpaired) electrons. The molecule has 1 nitrogen and oxygen atoms in total. The Balaban J connectivity index is 1.96. The summed E-state index contributed by atoms with van der Waals surface area (Å²) in [6.07, 6.45) is 9.98. The van der Waals surface area contributed by atoms with Gasteiger partial charge in [0.15, 0.2) is 0 Å². The number of hydrogen-bond acceptors (Lipinski definition) is 1. The molecule has 3 unspecified atom stereocenters. The fraction of sp³-hybridized carbons (Fsp3) is 1.00. The Morgan fingerprint density at radius 2 is 1.71 bits per heavy atom. The average molecular weight is 237 g/mol. The molecule has 0 aromatic heterocycles. The first-order chi connectivity index (χ1) is 8.00. The summed E-state index contributed by atoms with van der Waals surface area (Å²) in [5.41, 5.74) is 0.527. The largest absolute Gasteiger partial charge is 0.310 e. The van der Waals surface area contributed by atoms with Gasteiger partial charge in [-0.2, -0.15) is 0 Å². The average Bonchev–Trinajstić information content (AvgIpc) is 2.59. The van der Waals surface area contributed by atoms with Gasteiger partial charge in [-0.05, 0) is 42.9 Å². The van der Waals surface area contributed by atoms with Crippen molar-refractivity contribution in [2.75, 3.05) is 0 Å². The third-order valence-corrected chi connectivity index (χ3v) is 5.35. The zero-order valence-electron chi connectivity index (χ0n) is 12.3. The quantitative estimate of drug-likeness (QED) is 0.768. The number of nitrogens with one attached hydrogen (secondary N) is 1. The maximum atomic E-state index is 4.04. The lowest BCUT2D eigenvalue weighted by Crippen LogP contribution is -2.49. The first kappa shape index (κ1) is 13.4. The van der Waals surface area contributed by atoms with Gasteiger partial charge in [-0.15, -0.1) is 0 Å². The minimum Gasteiger partial charge on any atom is -0.310 e. The van der Waals surface area contributed by atoms with Gasteiger partial charge in [-0.1, -0.05) is 47.0 Å². The Morgan fingerprint density at radius 1 is 1.00 bits per heavy atom. The number of hydrogen-bond donors (Lipinski definition) is 1. The predicted octanol–water partition coefficient (Wildman–Crippen LogP) is 4.37. The van der Waals surface area contributed by atoms with Crippen LogP contribution in [0.1, 0.15) is 72.6 Å². The Bertz CT molecular complexity index is 244. The SMILES string of the molecule is CC(C)C1CCCCC1NC1CCCC1(C)C. The summed E-state index contributed by atoms with van der Waals surface area (Å²) in [5, 5.41) is 4.04. The van der Waals surface area contributed by atoms with E-state index in [1.807, 2.05) is 0 Å². The van der Waals surface area contributed by atoms with Crippen molar-refractivity contribution in [2.24, 2.45) is 17.3 Å². The second-order valence-electron chi connectivity index (χ2n) is 7.40. The van der Waals surface area contributed by atoms with Gasteiger partial charge in [0.2, 0.25) is 0 Å². The van der Waals surface area contributed by atoms with Gasteiger partial charge in [0.25, 0.3) is 0 Å². The highest BCUT2D eigenvalue weighted by Gasteiger charge is 2.37. The molecule has 2 aliphatic carbocycles. The van der Waals surface area contributed by atoms with Crippen LogP contribution in [0.3, 0.4) is 0 Å². The molecule has 0 aromatic rings. The predicted molar refractivity (Wildman–Crippen MR) is 75.1 cm³/mol. The van der Waals surface area contributed by atoms with Crippen molar-refractivity contribution < 1.29 is 0 Å². The van der Waals surface area contributed by atoms with Gasteiger partial charge in [-0.3, -0.25) is 0 Å². The van der Waals surface area contributed by atoms with Gasteiger partial charge in [-0.25, -0.2) is 0 Å². The lowest BCUT2D eigenvalue weighted by molar-refractivity contribution is 0.162. The van der Waals surface area contributed by atoms with Crippen LogP contribution in [0.15, 0.2) is 0 Å². The van der Waals surface area contributed by atoms with Crippen molar-refractivity contribution >= 4 is 0 Å². The van der Waals surface area contributed by atoms with Crippen molar-refractivity contribution in [1.82, 2.24) is 5.32 Å². The van der Waals surface area contributed by atoms with Gasteiger partial charge < -0.3 is 5.32 Å². The second-order valence-corrected chi connectivity index (χ2v) is 7.40. The van der Waals surface area contributed by atoms with Crippen LogP contribution in [0.2, 0.25) is 0 Å². The first-order valence-electron chi connectivity index (χ1n) is 7.77. The maximum absolute atomic E-state index is 4.04. The zero-order valence-corrected chi connectivity index (χ0v) is 12.3. The molecule has 0 spiro atoms. The normalized spacial score (nSPS) is 37.6. The first-order valence-corrected chi connectivity index (χ1v) is 7.77. The molecule has 0 saturated heterocycles. The molecule has 0 aliphatic heterocycles. The second kappa shape index (κ2) is 5.30. The van der Waals surface area contributed by atoms with Gasteiger partial charge >= 0.3 is 0 Å². The monoisotopic (exact) mass is 237 g/mol. The molecule has 2 fully saturated rings. The van der Waals surface area contributed by atoms with Gasteiger partial charge in [0.1, 0.15) is 0 Å². The van der Waals surface area contributed by atoms with Gasteiger partial charge in [0, 0.05) is 12.1 Å². The minimum atomic E-state index is 0.527. The van der Waals surface area contributed by atoms with E-state index in [1.54, 1.807) is 0 Å². The van der Waals surface area contributed by atoms with Crippen LogP contribution in [0, 0.1) is 17.3 Å². The molecule has 2 saturated carbocycles. The molecular formula is C16H31N. The van der Waals surface area contributed by atoms with Crippen LogP contribution in [0.5, 0.6) is 0 Å². The Labute approximate surface area is 108 Å². The van der Waals surface area contributed by atoms with Gasteiger partial charge in [0.05, 0.1) is 0 Å². The van der Waals surface area contributed by atoms with E-state index in [9.17, 15) is 0 Å². The summed E-state index contributed by atoms with van der Waals surface area (Å²) in [5.74, 6) is 1.76. The summed E-state index contributed by atoms with van der Waals surface area (Å²) in [6, 6.07) is 1.57. The van der Waals surface area contributed by atoms with Crippen LogP contribution in [0.25, 0.3) is 0 Å². The van der Waals surface area contributed by atoms with E-state index >= 15 is 0 Å². The molecule has 2 rings (SSSR count). The Hall–Kier alpha value is -0.0400. The molecule has 0 bridgehead atoms. The van der Waals surface area contributed by atoms with E-state index in [2.05, 4.69) is 33.0 Å². The third kappa shape index (κ3) is 3.05. The molecule has 0 aromatic carbocycles. The molecule has 0 amide bonds. The molecule has 3 atom stereocenters. The fourth-order valence-corrected chi connectivity index (χ4v) is 4.06. The minimum absolute atomic E-state index is 0.527. The topological polar surface area (TPSA) is 12.0 Å². The summed E-state index contributed by atoms with van der Waals surface area (Å²) in [7, 11) is 0. The molecule has 100 valence electrons. The van der Waals surface area contributed by atoms with Crippen molar-refractivity contribution in [3.05, 3.63) is 0 Å². The maximum Gasteiger partial charge on any atom is 0.0121 e. The number of rotatable bonds is 3. The van der Waals surface area contributed by atoms with E-state index in [0.717, 1.165) is 23.9 Å². The highest BCUT2D eigenvalue weighted by Crippen LogP contribution is 2.39. The highest BCUT2D eigenvalue weighted by atomic mass is 15.0. The zero-order chi connectivity index (χ0) is 12.5. The van der Waals surface area contributed by atoms with E-state index in [4.69, 9.17) is 0 Å². The standard InChI is InChI=1S/C16H31N/c1-12(2)13-8-5-6-9-14(13)17-15-10-7-11-16(15,3)4/h12-15,17H,5-11H2,1-4H3. The lowest BCUT2D eigenvalue weighted by atomic mass is 9.76. The Kier molecular flexibility index (Phi) is 4.18. The summed E-state index contributed by atoms with van der Waals surface area (Å²) in [6.45, 7) is 9.71. The fourth-order valence-electron chi connectivity index (χ4n) is 4.06. The van der Waals surface area contributed by atoms with E-state index in [-0.39, 0.29) is 0 Å². The van der Waals surface area contributed by atoms with E-state index in [0.29, 0.717) is 5.41 Å². The van der Waals surface area contributed by atoms with E-state index in [1.165, 1.54) is 44.9 Å². The summed E-state index contributed by atoms with van der Waals surface area (Å²) in [4.78, 5) is 0. The molecular weight excluding hydrogens is 206 g/mol. The van der Waals surface area contributed by atoms with Crippen molar-refractivity contribution in [1.29, 1.82) is 0 Å². The van der Waals surface area contributed by atoms with Crippen LogP contribution in [-0.2, 0) is 0 Å². The van der Waals surface area contributed by atoms with Crippen molar-refractivity contribution in [2.45, 2.75) is 84.7 Å². The summed E-state index contributed by atoms with van der Waals surface area (Å²) >= 11 is 0. The van der Waals surface area contributed by atoms with Crippen LogP contribution >= 0.6 is 0 Å². The Morgan fingerprint density at radius 3 is 2.29 bits per heavy atom. The van der Waals surface area contributed by atoms with Crippen molar-refractivity contribution in [3.63, 3.8) is 0 Å². The van der Waals surface area contributed by atoms with Crippen molar-refractivity contribution in [3.8, 4) is 0 Å². The molecule has 17 heavy (non-hydrogen) atoms. The highest BCUT2D eigenvalue weighted by molar-refractivity contribution is 4.94. The molecule has 1 heteroatoms. The lowest BCUT2D eigenvalue weighted by Gasteiger charge is -2.40. The summed E-state index contributed by atoms with van der Waals surface area (Å²) < 4.78 is 0. The molecule has 0 heterocycles. The van der Waals surface area contributed by atoms with Crippen LogP contribution in [-0.4, -0.2) is 12.1 Å².